The highest BCUT2D eigenvalue weighted by atomic mass is 16.5. The van der Waals surface area contributed by atoms with Crippen LogP contribution in [-0.4, -0.2) is 27.5 Å². The van der Waals surface area contributed by atoms with Crippen LogP contribution in [0.5, 0.6) is 0 Å². The van der Waals surface area contributed by atoms with E-state index in [4.69, 9.17) is 4.74 Å². The van der Waals surface area contributed by atoms with Crippen LogP contribution >= 0.6 is 0 Å². The summed E-state index contributed by atoms with van der Waals surface area (Å²) in [6.45, 7) is 5.36. The lowest BCUT2D eigenvalue weighted by Gasteiger charge is -2.27. The first-order chi connectivity index (χ1) is 7.39. The van der Waals surface area contributed by atoms with Crippen LogP contribution in [0.1, 0.15) is 32.4 Å². The lowest BCUT2D eigenvalue weighted by molar-refractivity contribution is -0.160. The Labute approximate surface area is 95.0 Å². The third-order valence-corrected chi connectivity index (χ3v) is 2.53. The van der Waals surface area contributed by atoms with Gasteiger partial charge in [-0.25, -0.2) is 0 Å². The first kappa shape index (κ1) is 12.7. The van der Waals surface area contributed by atoms with E-state index in [0.29, 0.717) is 12.2 Å². The van der Waals surface area contributed by atoms with Crippen LogP contribution in [0, 0.1) is 5.41 Å². The van der Waals surface area contributed by atoms with Crippen molar-refractivity contribution in [3.63, 3.8) is 0 Å². The van der Waals surface area contributed by atoms with Crippen molar-refractivity contribution in [2.75, 3.05) is 6.61 Å². The Hall–Kier alpha value is -1.36. The quantitative estimate of drug-likeness (QED) is 0.779. The fraction of sp³-hybridized carbons (Fsp3) is 0.636. The van der Waals surface area contributed by atoms with E-state index >= 15 is 0 Å². The first-order valence-electron chi connectivity index (χ1n) is 5.23. The highest BCUT2D eigenvalue weighted by Gasteiger charge is 2.38. The Balaban J connectivity index is 2.87. The minimum atomic E-state index is -0.973. The molecular formula is C11H18N2O3. The summed E-state index contributed by atoms with van der Waals surface area (Å²) in [5.74, 6) is -0.411. The topological polar surface area (TPSA) is 64.3 Å². The second-order valence-corrected chi connectivity index (χ2v) is 4.29. The largest absolute Gasteiger partial charge is 0.465 e. The van der Waals surface area contributed by atoms with Crippen LogP contribution in [-0.2, 0) is 16.6 Å². The lowest BCUT2D eigenvalue weighted by Crippen LogP contribution is -2.33. The molecule has 0 aromatic carbocycles. The molecule has 0 saturated carbocycles. The van der Waals surface area contributed by atoms with Gasteiger partial charge in [-0.15, -0.1) is 0 Å². The SMILES string of the molecule is CCOC(=O)C(C)(C)C(O)c1cnn(C)c1. The van der Waals surface area contributed by atoms with Crippen molar-refractivity contribution in [3.8, 4) is 0 Å². The molecule has 1 rings (SSSR count). The van der Waals surface area contributed by atoms with Crippen LogP contribution in [0.15, 0.2) is 12.4 Å². The molecule has 1 heterocycles. The molecule has 90 valence electrons. The maximum absolute atomic E-state index is 11.7. The molecule has 1 atom stereocenters. The Morgan fingerprint density at radius 3 is 2.75 bits per heavy atom. The molecule has 0 spiro atoms. The van der Waals surface area contributed by atoms with Gasteiger partial charge in [0.2, 0.25) is 0 Å². The van der Waals surface area contributed by atoms with E-state index in [2.05, 4.69) is 5.10 Å². The van der Waals surface area contributed by atoms with Gasteiger partial charge in [-0.05, 0) is 20.8 Å². The normalized spacial score (nSPS) is 13.6. The van der Waals surface area contributed by atoms with Crippen molar-refractivity contribution in [3.05, 3.63) is 18.0 Å². The van der Waals surface area contributed by atoms with Gasteiger partial charge in [0.05, 0.1) is 24.3 Å². The van der Waals surface area contributed by atoms with Gasteiger partial charge in [0.15, 0.2) is 0 Å². The van der Waals surface area contributed by atoms with Gasteiger partial charge in [-0.2, -0.15) is 5.10 Å². The molecule has 0 aliphatic heterocycles. The molecule has 1 unspecified atom stereocenters. The zero-order valence-corrected chi connectivity index (χ0v) is 10.1. The number of nitrogens with zero attached hydrogens (tertiary/aromatic N) is 2. The van der Waals surface area contributed by atoms with Crippen LogP contribution in [0.25, 0.3) is 0 Å². The number of hydrogen-bond acceptors (Lipinski definition) is 4. The van der Waals surface area contributed by atoms with Gasteiger partial charge in [0.25, 0.3) is 0 Å². The highest BCUT2D eigenvalue weighted by molar-refractivity contribution is 5.76. The number of carbonyl (C=O) groups excluding carboxylic acids is 1. The predicted octanol–water partition coefficient (Wildman–Crippen LogP) is 1.04. The zero-order valence-electron chi connectivity index (χ0n) is 10.1. The molecular weight excluding hydrogens is 208 g/mol. The first-order valence-corrected chi connectivity index (χ1v) is 5.23. The number of ether oxygens (including phenoxy) is 1. The third-order valence-electron chi connectivity index (χ3n) is 2.53. The molecule has 1 aromatic heterocycles. The van der Waals surface area contributed by atoms with Gasteiger partial charge in [-0.3, -0.25) is 9.48 Å². The second-order valence-electron chi connectivity index (χ2n) is 4.29. The van der Waals surface area contributed by atoms with E-state index in [1.807, 2.05) is 0 Å². The van der Waals surface area contributed by atoms with Crippen LogP contribution < -0.4 is 0 Å². The number of aliphatic hydroxyl groups excluding tert-OH is 1. The third kappa shape index (κ3) is 2.41. The average Bonchev–Trinajstić information content (AvgIpc) is 2.64. The summed E-state index contributed by atoms with van der Waals surface area (Å²) in [5, 5.41) is 14.1. The molecule has 16 heavy (non-hydrogen) atoms. The molecule has 0 saturated heterocycles. The summed E-state index contributed by atoms with van der Waals surface area (Å²) in [4.78, 5) is 11.7. The number of aromatic nitrogens is 2. The highest BCUT2D eigenvalue weighted by Crippen LogP contribution is 2.34. The summed E-state index contributed by atoms with van der Waals surface area (Å²) in [6, 6.07) is 0. The fourth-order valence-electron chi connectivity index (χ4n) is 1.43. The van der Waals surface area contributed by atoms with E-state index in [9.17, 15) is 9.90 Å². The molecule has 5 nitrogen and oxygen atoms in total. The van der Waals surface area contributed by atoms with Crippen LogP contribution in [0.3, 0.4) is 0 Å². The summed E-state index contributed by atoms with van der Waals surface area (Å²) in [6.07, 6.45) is 2.32. The summed E-state index contributed by atoms with van der Waals surface area (Å²) >= 11 is 0. The summed E-state index contributed by atoms with van der Waals surface area (Å²) in [5.41, 5.74) is -0.362. The molecule has 1 aromatic rings. The maximum Gasteiger partial charge on any atom is 0.314 e. The van der Waals surface area contributed by atoms with Gasteiger partial charge in [0.1, 0.15) is 0 Å². The van der Waals surface area contributed by atoms with E-state index < -0.39 is 17.5 Å². The number of aryl methyl sites for hydroxylation is 1. The minimum Gasteiger partial charge on any atom is -0.465 e. The monoisotopic (exact) mass is 226 g/mol. The Kier molecular flexibility index (Phi) is 3.70. The van der Waals surface area contributed by atoms with Crippen molar-refractivity contribution in [1.82, 2.24) is 9.78 Å². The van der Waals surface area contributed by atoms with Gasteiger partial charge in [-0.1, -0.05) is 0 Å². The van der Waals surface area contributed by atoms with Crippen LogP contribution in [0.2, 0.25) is 0 Å². The van der Waals surface area contributed by atoms with Gasteiger partial charge < -0.3 is 9.84 Å². The van der Waals surface area contributed by atoms with Crippen molar-refractivity contribution in [1.29, 1.82) is 0 Å². The smallest absolute Gasteiger partial charge is 0.314 e. The number of hydrogen-bond donors (Lipinski definition) is 1. The summed E-state index contributed by atoms with van der Waals surface area (Å²) < 4.78 is 6.51. The van der Waals surface area contributed by atoms with Crippen LogP contribution in [0.4, 0.5) is 0 Å². The zero-order chi connectivity index (χ0) is 12.3. The van der Waals surface area contributed by atoms with Gasteiger partial charge in [0, 0.05) is 18.8 Å². The Bertz CT molecular complexity index is 371. The summed E-state index contributed by atoms with van der Waals surface area (Å²) in [7, 11) is 1.76. The molecule has 0 aliphatic carbocycles. The van der Waals surface area contributed by atoms with E-state index in [1.165, 1.54) is 0 Å². The standard InChI is InChI=1S/C11H18N2O3/c1-5-16-10(15)11(2,3)9(14)8-6-12-13(4)7-8/h6-7,9,14H,5H2,1-4H3. The van der Waals surface area contributed by atoms with Gasteiger partial charge >= 0.3 is 5.97 Å². The van der Waals surface area contributed by atoms with E-state index in [-0.39, 0.29) is 0 Å². The molecule has 0 bridgehead atoms. The van der Waals surface area contributed by atoms with Crippen molar-refractivity contribution < 1.29 is 14.6 Å². The van der Waals surface area contributed by atoms with E-state index in [1.54, 1.807) is 44.9 Å². The van der Waals surface area contributed by atoms with E-state index in [0.717, 1.165) is 0 Å². The predicted molar refractivity (Wildman–Crippen MR) is 58.6 cm³/mol. The molecule has 0 radical (unpaired) electrons. The van der Waals surface area contributed by atoms with Crippen molar-refractivity contribution in [2.24, 2.45) is 12.5 Å². The molecule has 0 aliphatic rings. The molecule has 5 heteroatoms. The second kappa shape index (κ2) is 4.65. The van der Waals surface area contributed by atoms with Crippen molar-refractivity contribution in [2.45, 2.75) is 26.9 Å². The number of rotatable bonds is 4. The molecule has 0 amide bonds. The van der Waals surface area contributed by atoms with Crippen molar-refractivity contribution >= 4 is 5.97 Å². The molecule has 0 fully saturated rings. The Morgan fingerprint density at radius 1 is 1.69 bits per heavy atom. The minimum absolute atomic E-state index is 0.308. The number of carbonyl (C=O) groups is 1. The Morgan fingerprint density at radius 2 is 2.31 bits per heavy atom. The lowest BCUT2D eigenvalue weighted by atomic mass is 9.84. The average molecular weight is 226 g/mol. The number of esters is 1. The number of aliphatic hydroxyl groups is 1. The fourth-order valence-corrected chi connectivity index (χ4v) is 1.43. The maximum atomic E-state index is 11.7. The molecule has 1 N–H and O–H groups in total.